The summed E-state index contributed by atoms with van der Waals surface area (Å²) >= 11 is 1.75. The normalized spacial score (nSPS) is 10.9. The largest absolute Gasteiger partial charge is 0.481 e. The van der Waals surface area contributed by atoms with Crippen LogP contribution in [0.15, 0.2) is 36.4 Å². The molecule has 2 aromatic heterocycles. The number of hydrogen-bond acceptors (Lipinski definition) is 6. The number of anilines is 2. The van der Waals surface area contributed by atoms with Crippen molar-refractivity contribution < 1.29 is 9.90 Å². The van der Waals surface area contributed by atoms with Gasteiger partial charge in [-0.1, -0.05) is 19.1 Å². The summed E-state index contributed by atoms with van der Waals surface area (Å²) in [6, 6.07) is 11.7. The van der Waals surface area contributed by atoms with Crippen molar-refractivity contribution in [2.45, 2.75) is 39.5 Å². The lowest BCUT2D eigenvalue weighted by atomic mass is 10.1. The zero-order valence-corrected chi connectivity index (χ0v) is 18.5. The van der Waals surface area contributed by atoms with Gasteiger partial charge in [0.1, 0.15) is 5.82 Å². The third kappa shape index (κ3) is 5.64. The summed E-state index contributed by atoms with van der Waals surface area (Å²) < 4.78 is 0. The minimum absolute atomic E-state index is 0.0201. The fourth-order valence-electron chi connectivity index (χ4n) is 3.32. The average molecular weight is 425 g/mol. The molecular formula is C23H28N4O2S. The zero-order chi connectivity index (χ0) is 21.5. The van der Waals surface area contributed by atoms with E-state index in [1.54, 1.807) is 11.3 Å². The van der Waals surface area contributed by atoms with E-state index in [9.17, 15) is 4.79 Å². The van der Waals surface area contributed by atoms with Crippen LogP contribution in [0.1, 0.15) is 35.0 Å². The Morgan fingerprint density at radius 2 is 1.90 bits per heavy atom. The highest BCUT2D eigenvalue weighted by Gasteiger charge is 2.14. The fourth-order valence-corrected chi connectivity index (χ4v) is 4.31. The standard InChI is InChI=1S/C23H28N4O2S/c1-4-19-15(2)25-23(20-12-11-18(30-20)6-5-13-24-3)27-22(19)26-17-9-7-16(8-10-17)14-21(28)29/h7-12,24H,4-6,13-14H2,1-3H3,(H,28,29)(H,25,26,27). The van der Waals surface area contributed by atoms with E-state index in [1.807, 2.05) is 38.2 Å². The lowest BCUT2D eigenvalue weighted by molar-refractivity contribution is -0.136. The topological polar surface area (TPSA) is 87.1 Å². The summed E-state index contributed by atoms with van der Waals surface area (Å²) in [5.74, 6) is 0.706. The molecule has 0 atom stereocenters. The van der Waals surface area contributed by atoms with Crippen LogP contribution in [0.2, 0.25) is 0 Å². The third-order valence-corrected chi connectivity index (χ3v) is 6.01. The van der Waals surface area contributed by atoms with Crippen molar-refractivity contribution in [1.82, 2.24) is 15.3 Å². The Kier molecular flexibility index (Phi) is 7.54. The van der Waals surface area contributed by atoms with Gasteiger partial charge in [0, 0.05) is 21.8 Å². The highest BCUT2D eigenvalue weighted by molar-refractivity contribution is 7.15. The zero-order valence-electron chi connectivity index (χ0n) is 17.7. The molecule has 3 N–H and O–H groups in total. The Morgan fingerprint density at radius 3 is 2.57 bits per heavy atom. The number of nitrogens with zero attached hydrogens (tertiary/aromatic N) is 2. The molecule has 0 fully saturated rings. The van der Waals surface area contributed by atoms with E-state index in [0.717, 1.165) is 64.8 Å². The third-order valence-electron chi connectivity index (χ3n) is 4.87. The van der Waals surface area contributed by atoms with Gasteiger partial charge in [-0.3, -0.25) is 4.79 Å². The molecule has 0 unspecified atom stereocenters. The first-order valence-electron chi connectivity index (χ1n) is 10.2. The van der Waals surface area contributed by atoms with Gasteiger partial charge in [0.15, 0.2) is 5.82 Å². The van der Waals surface area contributed by atoms with Crippen molar-refractivity contribution >= 4 is 28.8 Å². The van der Waals surface area contributed by atoms with Gasteiger partial charge in [0.05, 0.1) is 11.3 Å². The second-order valence-electron chi connectivity index (χ2n) is 7.18. The van der Waals surface area contributed by atoms with E-state index < -0.39 is 5.97 Å². The van der Waals surface area contributed by atoms with E-state index in [1.165, 1.54) is 4.88 Å². The molecule has 2 heterocycles. The predicted molar refractivity (Wildman–Crippen MR) is 123 cm³/mol. The number of nitrogens with one attached hydrogen (secondary N) is 2. The molecule has 0 aliphatic carbocycles. The number of rotatable bonds is 10. The number of thiophene rings is 1. The van der Waals surface area contributed by atoms with Crippen molar-refractivity contribution in [3.8, 4) is 10.7 Å². The van der Waals surface area contributed by atoms with E-state index in [0.29, 0.717) is 0 Å². The van der Waals surface area contributed by atoms with Crippen LogP contribution in [0.4, 0.5) is 11.5 Å². The molecule has 0 aliphatic heterocycles. The molecule has 3 rings (SSSR count). The number of hydrogen-bond donors (Lipinski definition) is 3. The Bertz CT molecular complexity index is 999. The van der Waals surface area contributed by atoms with Crippen LogP contribution in [-0.2, 0) is 24.1 Å². The number of aliphatic carboxylic acids is 1. The van der Waals surface area contributed by atoms with Crippen LogP contribution in [0.3, 0.4) is 0 Å². The van der Waals surface area contributed by atoms with Gasteiger partial charge in [-0.25, -0.2) is 9.97 Å². The van der Waals surface area contributed by atoms with Crippen LogP contribution in [0.25, 0.3) is 10.7 Å². The molecule has 7 heteroatoms. The van der Waals surface area contributed by atoms with Gasteiger partial charge < -0.3 is 15.7 Å². The smallest absolute Gasteiger partial charge is 0.307 e. The molecule has 0 radical (unpaired) electrons. The number of carboxylic acid groups (broad SMARTS) is 1. The van der Waals surface area contributed by atoms with Gasteiger partial charge in [-0.2, -0.15) is 0 Å². The first kappa shape index (κ1) is 21.9. The quantitative estimate of drug-likeness (QED) is 0.412. The van der Waals surface area contributed by atoms with Crippen LogP contribution in [-0.4, -0.2) is 34.6 Å². The number of carboxylic acids is 1. The maximum absolute atomic E-state index is 10.9. The first-order chi connectivity index (χ1) is 14.5. The maximum Gasteiger partial charge on any atom is 0.307 e. The van der Waals surface area contributed by atoms with Gasteiger partial charge in [0.25, 0.3) is 0 Å². The van der Waals surface area contributed by atoms with E-state index in [2.05, 4.69) is 29.7 Å². The van der Waals surface area contributed by atoms with Crippen LogP contribution in [0.5, 0.6) is 0 Å². The minimum Gasteiger partial charge on any atom is -0.481 e. The molecule has 0 bridgehead atoms. The Labute approximate surface area is 181 Å². The molecule has 3 aromatic rings. The number of aryl methyl sites for hydroxylation is 2. The van der Waals surface area contributed by atoms with Crippen molar-refractivity contribution in [1.29, 1.82) is 0 Å². The summed E-state index contributed by atoms with van der Waals surface area (Å²) in [4.78, 5) is 22.9. The highest BCUT2D eigenvalue weighted by atomic mass is 32.1. The predicted octanol–water partition coefficient (Wildman–Crippen LogP) is 4.60. The summed E-state index contributed by atoms with van der Waals surface area (Å²) in [7, 11) is 1.97. The summed E-state index contributed by atoms with van der Waals surface area (Å²) in [6.07, 6.45) is 3.00. The molecule has 158 valence electrons. The average Bonchev–Trinajstić information content (AvgIpc) is 3.18. The number of benzene rings is 1. The van der Waals surface area contributed by atoms with Gasteiger partial charge in [-0.15, -0.1) is 11.3 Å². The molecule has 1 aromatic carbocycles. The van der Waals surface area contributed by atoms with Crippen molar-refractivity contribution in [3.05, 3.63) is 58.1 Å². The highest BCUT2D eigenvalue weighted by Crippen LogP contribution is 2.30. The monoisotopic (exact) mass is 424 g/mol. The van der Waals surface area contributed by atoms with Crippen LogP contribution >= 0.6 is 11.3 Å². The second-order valence-corrected chi connectivity index (χ2v) is 8.35. The lowest BCUT2D eigenvalue weighted by Crippen LogP contribution is -2.07. The molecule has 30 heavy (non-hydrogen) atoms. The molecule has 0 saturated heterocycles. The van der Waals surface area contributed by atoms with Gasteiger partial charge in [-0.05, 0) is 69.6 Å². The summed E-state index contributed by atoms with van der Waals surface area (Å²) in [5.41, 5.74) is 3.70. The summed E-state index contributed by atoms with van der Waals surface area (Å²) in [6.45, 7) is 5.12. The number of carbonyl (C=O) groups is 1. The molecular weight excluding hydrogens is 396 g/mol. The molecule has 0 saturated carbocycles. The van der Waals surface area contributed by atoms with E-state index in [4.69, 9.17) is 15.1 Å². The fraction of sp³-hybridized carbons (Fsp3) is 0.348. The van der Waals surface area contributed by atoms with Crippen LogP contribution in [0, 0.1) is 6.92 Å². The Hall–Kier alpha value is -2.77. The van der Waals surface area contributed by atoms with E-state index >= 15 is 0 Å². The Morgan fingerprint density at radius 1 is 1.13 bits per heavy atom. The summed E-state index contributed by atoms with van der Waals surface area (Å²) in [5, 5.41) is 15.5. The van der Waals surface area contributed by atoms with E-state index in [-0.39, 0.29) is 6.42 Å². The molecule has 0 aliphatic rings. The first-order valence-corrected chi connectivity index (χ1v) is 11.0. The number of aromatic nitrogens is 2. The minimum atomic E-state index is -0.832. The van der Waals surface area contributed by atoms with Crippen molar-refractivity contribution in [2.24, 2.45) is 0 Å². The van der Waals surface area contributed by atoms with Crippen molar-refractivity contribution in [3.63, 3.8) is 0 Å². The van der Waals surface area contributed by atoms with Crippen LogP contribution < -0.4 is 10.6 Å². The Balaban J connectivity index is 1.84. The van der Waals surface area contributed by atoms with Gasteiger partial charge >= 0.3 is 5.97 Å². The molecule has 6 nitrogen and oxygen atoms in total. The SMILES string of the molecule is CCc1c(C)nc(-c2ccc(CCCNC)s2)nc1Nc1ccc(CC(=O)O)cc1. The van der Waals surface area contributed by atoms with Gasteiger partial charge in [0.2, 0.25) is 0 Å². The van der Waals surface area contributed by atoms with Crippen molar-refractivity contribution in [2.75, 3.05) is 18.9 Å². The lowest BCUT2D eigenvalue weighted by Gasteiger charge is -2.14. The molecule has 0 spiro atoms. The molecule has 0 amide bonds. The second kappa shape index (κ2) is 10.3. The maximum atomic E-state index is 10.9.